The van der Waals surface area contributed by atoms with E-state index in [-0.39, 0.29) is 18.5 Å². The number of carboxylic acids is 1. The van der Waals surface area contributed by atoms with Gasteiger partial charge in [0.15, 0.2) is 0 Å². The number of benzene rings is 1. The van der Waals surface area contributed by atoms with E-state index in [1.54, 1.807) is 17.0 Å². The van der Waals surface area contributed by atoms with Gasteiger partial charge in [0, 0.05) is 25.6 Å². The van der Waals surface area contributed by atoms with Crippen LogP contribution in [0.15, 0.2) is 18.2 Å². The highest BCUT2D eigenvalue weighted by Crippen LogP contribution is 2.30. The summed E-state index contributed by atoms with van der Waals surface area (Å²) < 4.78 is 0. The van der Waals surface area contributed by atoms with Gasteiger partial charge in [0.1, 0.15) is 0 Å². The van der Waals surface area contributed by atoms with Crippen molar-refractivity contribution in [2.45, 2.75) is 38.3 Å². The number of carbonyl (C=O) groups excluding carboxylic acids is 1. The van der Waals surface area contributed by atoms with Gasteiger partial charge in [0.2, 0.25) is 0 Å². The first-order chi connectivity index (χ1) is 10.5. The lowest BCUT2D eigenvalue weighted by Crippen LogP contribution is -2.41. The smallest absolute Gasteiger partial charge is 0.317 e. The van der Waals surface area contributed by atoms with E-state index in [0.717, 1.165) is 18.4 Å². The Bertz CT molecular complexity index is 562. The lowest BCUT2D eigenvalue weighted by atomic mass is 10.2. The molecular formula is C15H18Cl2N2O3. The molecule has 1 aliphatic carbocycles. The lowest BCUT2D eigenvalue weighted by Gasteiger charge is -2.23. The first-order valence-corrected chi connectivity index (χ1v) is 7.93. The normalized spacial score (nSPS) is 13.7. The average Bonchev–Trinajstić information content (AvgIpc) is 3.29. The number of hydrogen-bond donors (Lipinski definition) is 2. The highest BCUT2D eigenvalue weighted by Gasteiger charge is 2.32. The summed E-state index contributed by atoms with van der Waals surface area (Å²) in [5.74, 6) is -0.857. The molecule has 1 aromatic carbocycles. The van der Waals surface area contributed by atoms with Crippen LogP contribution in [0, 0.1) is 0 Å². The Balaban J connectivity index is 1.90. The molecule has 22 heavy (non-hydrogen) atoms. The van der Waals surface area contributed by atoms with Crippen molar-refractivity contribution in [3.8, 4) is 0 Å². The van der Waals surface area contributed by atoms with Crippen LogP contribution in [0.4, 0.5) is 4.79 Å². The molecular weight excluding hydrogens is 327 g/mol. The van der Waals surface area contributed by atoms with Gasteiger partial charge in [-0.05, 0) is 37.0 Å². The molecule has 120 valence electrons. The number of aliphatic carboxylic acids is 1. The Kier molecular flexibility index (Phi) is 5.91. The van der Waals surface area contributed by atoms with Crippen LogP contribution in [0.2, 0.25) is 10.0 Å². The molecule has 0 aromatic heterocycles. The molecule has 1 aliphatic rings. The minimum absolute atomic E-state index is 0.0521. The fourth-order valence-electron chi connectivity index (χ4n) is 2.12. The SMILES string of the molecule is O=C(O)CCCNC(=O)N(Cc1ccc(Cl)c(Cl)c1)C1CC1. The van der Waals surface area contributed by atoms with E-state index in [2.05, 4.69) is 5.32 Å². The van der Waals surface area contributed by atoms with E-state index in [1.807, 2.05) is 6.07 Å². The standard InChI is InChI=1S/C15H18Cl2N2O3/c16-12-6-3-10(8-13(12)17)9-19(11-4-5-11)15(22)18-7-1-2-14(20)21/h3,6,8,11H,1-2,4-5,7,9H2,(H,18,22)(H,20,21). The number of carbonyl (C=O) groups is 2. The zero-order chi connectivity index (χ0) is 16.1. The van der Waals surface area contributed by atoms with Crippen LogP contribution in [0.5, 0.6) is 0 Å². The second-order valence-corrected chi connectivity index (χ2v) is 6.15. The van der Waals surface area contributed by atoms with Gasteiger partial charge < -0.3 is 15.3 Å². The summed E-state index contributed by atoms with van der Waals surface area (Å²) in [4.78, 5) is 24.4. The molecule has 2 N–H and O–H groups in total. The zero-order valence-corrected chi connectivity index (χ0v) is 13.5. The Labute approximate surface area is 139 Å². The topological polar surface area (TPSA) is 69.6 Å². The maximum absolute atomic E-state index is 12.2. The summed E-state index contributed by atoms with van der Waals surface area (Å²) >= 11 is 11.9. The molecule has 0 heterocycles. The molecule has 2 amide bonds. The van der Waals surface area contributed by atoms with E-state index >= 15 is 0 Å². The zero-order valence-electron chi connectivity index (χ0n) is 12.0. The maximum Gasteiger partial charge on any atom is 0.317 e. The summed E-state index contributed by atoms with van der Waals surface area (Å²) in [6.07, 6.45) is 2.45. The number of nitrogens with zero attached hydrogens (tertiary/aromatic N) is 1. The predicted molar refractivity (Wildman–Crippen MR) is 85.3 cm³/mol. The van der Waals surface area contributed by atoms with E-state index < -0.39 is 5.97 Å². The van der Waals surface area contributed by atoms with Crippen molar-refractivity contribution in [2.24, 2.45) is 0 Å². The Morgan fingerprint density at radius 3 is 2.59 bits per heavy atom. The molecule has 2 rings (SSSR count). The van der Waals surface area contributed by atoms with E-state index in [4.69, 9.17) is 28.3 Å². The van der Waals surface area contributed by atoms with Crippen molar-refractivity contribution < 1.29 is 14.7 Å². The van der Waals surface area contributed by atoms with E-state index in [1.165, 1.54) is 0 Å². The van der Waals surface area contributed by atoms with Crippen molar-refractivity contribution in [1.29, 1.82) is 0 Å². The average molecular weight is 345 g/mol. The van der Waals surface area contributed by atoms with Crippen molar-refractivity contribution in [1.82, 2.24) is 10.2 Å². The van der Waals surface area contributed by atoms with Crippen molar-refractivity contribution in [3.05, 3.63) is 33.8 Å². The molecule has 0 aliphatic heterocycles. The monoisotopic (exact) mass is 344 g/mol. The Morgan fingerprint density at radius 2 is 2.00 bits per heavy atom. The molecule has 1 fully saturated rings. The number of carboxylic acid groups (broad SMARTS) is 1. The molecule has 5 nitrogen and oxygen atoms in total. The first kappa shape index (κ1) is 16.9. The fourth-order valence-corrected chi connectivity index (χ4v) is 2.44. The van der Waals surface area contributed by atoms with Crippen molar-refractivity contribution in [3.63, 3.8) is 0 Å². The number of nitrogens with one attached hydrogen (secondary N) is 1. The molecule has 0 bridgehead atoms. The second-order valence-electron chi connectivity index (χ2n) is 5.34. The number of urea groups is 1. The van der Waals surface area contributed by atoms with E-state index in [0.29, 0.717) is 29.6 Å². The maximum atomic E-state index is 12.2. The Morgan fingerprint density at radius 1 is 1.27 bits per heavy atom. The van der Waals surface area contributed by atoms with Gasteiger partial charge in [-0.15, -0.1) is 0 Å². The quantitative estimate of drug-likeness (QED) is 0.743. The van der Waals surface area contributed by atoms with Gasteiger partial charge in [0.05, 0.1) is 10.0 Å². The van der Waals surface area contributed by atoms with Gasteiger partial charge in [-0.25, -0.2) is 4.79 Å². The fraction of sp³-hybridized carbons (Fsp3) is 0.467. The van der Waals surface area contributed by atoms with Gasteiger partial charge >= 0.3 is 12.0 Å². The third-order valence-corrected chi connectivity index (χ3v) is 4.17. The van der Waals surface area contributed by atoms with Gasteiger partial charge in [-0.1, -0.05) is 29.3 Å². The molecule has 1 aromatic rings. The number of hydrogen-bond acceptors (Lipinski definition) is 2. The molecule has 0 radical (unpaired) electrons. The second kappa shape index (κ2) is 7.70. The van der Waals surface area contributed by atoms with Gasteiger partial charge in [-0.3, -0.25) is 4.79 Å². The molecule has 0 spiro atoms. The third kappa shape index (κ3) is 5.07. The van der Waals surface area contributed by atoms with Crippen LogP contribution in [0.3, 0.4) is 0 Å². The third-order valence-electron chi connectivity index (χ3n) is 3.43. The summed E-state index contributed by atoms with van der Waals surface area (Å²) in [6.45, 7) is 0.821. The minimum atomic E-state index is -0.857. The summed E-state index contributed by atoms with van der Waals surface area (Å²) in [6, 6.07) is 5.40. The largest absolute Gasteiger partial charge is 0.481 e. The molecule has 1 saturated carbocycles. The van der Waals surface area contributed by atoms with Crippen LogP contribution in [0.1, 0.15) is 31.2 Å². The molecule has 0 unspecified atom stereocenters. The highest BCUT2D eigenvalue weighted by atomic mass is 35.5. The van der Waals surface area contributed by atoms with Crippen LogP contribution >= 0.6 is 23.2 Å². The first-order valence-electron chi connectivity index (χ1n) is 7.17. The number of halogens is 2. The van der Waals surface area contributed by atoms with Crippen LogP contribution in [-0.4, -0.2) is 34.6 Å². The number of rotatable bonds is 7. The minimum Gasteiger partial charge on any atom is -0.481 e. The Hall–Kier alpha value is -1.46. The van der Waals surface area contributed by atoms with Crippen molar-refractivity contribution >= 4 is 35.2 Å². The molecule has 7 heteroatoms. The summed E-state index contributed by atoms with van der Waals surface area (Å²) in [5, 5.41) is 12.3. The summed E-state index contributed by atoms with van der Waals surface area (Å²) in [5.41, 5.74) is 0.919. The van der Waals surface area contributed by atoms with Crippen molar-refractivity contribution in [2.75, 3.05) is 6.54 Å². The van der Waals surface area contributed by atoms with Gasteiger partial charge in [0.25, 0.3) is 0 Å². The van der Waals surface area contributed by atoms with Gasteiger partial charge in [-0.2, -0.15) is 0 Å². The predicted octanol–water partition coefficient (Wildman–Crippen LogP) is 3.53. The number of amides is 2. The van der Waals surface area contributed by atoms with E-state index in [9.17, 15) is 9.59 Å². The van der Waals surface area contributed by atoms with Crippen LogP contribution < -0.4 is 5.32 Å². The molecule has 0 atom stereocenters. The summed E-state index contributed by atoms with van der Waals surface area (Å²) in [7, 11) is 0. The van der Waals surface area contributed by atoms with Crippen LogP contribution in [0.25, 0.3) is 0 Å². The molecule has 0 saturated heterocycles. The lowest BCUT2D eigenvalue weighted by molar-refractivity contribution is -0.137. The highest BCUT2D eigenvalue weighted by molar-refractivity contribution is 6.42. The van der Waals surface area contributed by atoms with Crippen LogP contribution in [-0.2, 0) is 11.3 Å².